The van der Waals surface area contributed by atoms with Crippen LogP contribution in [0.4, 0.5) is 11.8 Å². The van der Waals surface area contributed by atoms with Gasteiger partial charge in [0.25, 0.3) is 0 Å². The Kier molecular flexibility index (Phi) is 3.89. The third-order valence-electron chi connectivity index (χ3n) is 4.02. The number of hydrazine groups is 1. The van der Waals surface area contributed by atoms with E-state index >= 15 is 0 Å². The molecule has 1 fully saturated rings. The van der Waals surface area contributed by atoms with E-state index in [0.29, 0.717) is 30.2 Å². The van der Waals surface area contributed by atoms with Crippen LogP contribution in [0.25, 0.3) is 11.0 Å². The lowest BCUT2D eigenvalue weighted by Gasteiger charge is -2.30. The quantitative estimate of drug-likeness (QED) is 0.514. The first kappa shape index (κ1) is 14.0. The molecule has 0 spiro atoms. The van der Waals surface area contributed by atoms with Gasteiger partial charge in [-0.15, -0.1) is 0 Å². The van der Waals surface area contributed by atoms with Crippen molar-refractivity contribution in [3.8, 4) is 0 Å². The molecule has 114 valence electrons. The summed E-state index contributed by atoms with van der Waals surface area (Å²) in [7, 11) is 1.71. The van der Waals surface area contributed by atoms with Crippen LogP contribution in [-0.2, 0) is 4.74 Å². The Morgan fingerprint density at radius 1 is 1.52 bits per heavy atom. The molecule has 0 aliphatic heterocycles. The average molecular weight is 291 g/mol. The molecule has 4 N–H and O–H groups in total. The number of hydrogen-bond acceptors (Lipinski definition) is 7. The summed E-state index contributed by atoms with van der Waals surface area (Å²) in [6.45, 7) is 3.65. The topological polar surface area (TPSA) is 105 Å². The minimum atomic E-state index is 0.382. The van der Waals surface area contributed by atoms with Crippen molar-refractivity contribution in [1.29, 1.82) is 0 Å². The molecule has 1 saturated carbocycles. The Hall–Kier alpha value is -1.93. The van der Waals surface area contributed by atoms with Gasteiger partial charge in [0.05, 0.1) is 18.2 Å². The number of anilines is 2. The second kappa shape index (κ2) is 5.82. The van der Waals surface area contributed by atoms with Crippen LogP contribution in [0.5, 0.6) is 0 Å². The zero-order chi connectivity index (χ0) is 14.8. The first-order valence-corrected chi connectivity index (χ1v) is 7.18. The normalized spacial score (nSPS) is 16.1. The predicted molar refractivity (Wildman–Crippen MR) is 80.9 cm³/mol. The first-order chi connectivity index (χ1) is 10.2. The number of methoxy groups -OCH3 is 1. The van der Waals surface area contributed by atoms with Crippen LogP contribution in [0.15, 0.2) is 6.20 Å². The number of nitrogens with two attached hydrogens (primary N) is 1. The van der Waals surface area contributed by atoms with Crippen LogP contribution in [-0.4, -0.2) is 46.5 Å². The summed E-state index contributed by atoms with van der Waals surface area (Å²) in [5.74, 6) is 7.42. The van der Waals surface area contributed by atoms with Crippen molar-refractivity contribution in [2.45, 2.75) is 25.8 Å². The van der Waals surface area contributed by atoms with Crippen molar-refractivity contribution in [3.05, 3.63) is 6.20 Å². The smallest absolute Gasteiger partial charge is 0.241 e. The largest absolute Gasteiger partial charge is 0.383 e. The molecular formula is C13H21N7O. The molecular weight excluding hydrogens is 270 g/mol. The lowest BCUT2D eigenvalue weighted by atomic mass is 10.1. The molecule has 2 aromatic rings. The number of aromatic nitrogens is 4. The molecule has 1 atom stereocenters. The van der Waals surface area contributed by atoms with E-state index in [1.54, 1.807) is 13.3 Å². The third kappa shape index (κ3) is 2.77. The molecule has 8 nitrogen and oxygen atoms in total. The Bertz CT molecular complexity index is 610. The molecule has 0 bridgehead atoms. The third-order valence-corrected chi connectivity index (χ3v) is 4.02. The molecule has 0 aromatic carbocycles. The van der Waals surface area contributed by atoms with Crippen molar-refractivity contribution in [3.63, 3.8) is 0 Å². The highest BCUT2D eigenvalue weighted by atomic mass is 16.5. The fraction of sp³-hybridized carbons (Fsp3) is 0.615. The number of ether oxygens (including phenoxy) is 1. The maximum Gasteiger partial charge on any atom is 0.241 e. The molecule has 2 heterocycles. The number of nitrogens with one attached hydrogen (secondary N) is 2. The van der Waals surface area contributed by atoms with Crippen molar-refractivity contribution >= 4 is 22.8 Å². The number of hydrogen-bond donors (Lipinski definition) is 3. The van der Waals surface area contributed by atoms with Gasteiger partial charge in [0.2, 0.25) is 5.95 Å². The molecule has 3 rings (SSSR count). The van der Waals surface area contributed by atoms with Crippen molar-refractivity contribution in [2.24, 2.45) is 11.8 Å². The highest BCUT2D eigenvalue weighted by molar-refractivity contribution is 5.87. The average Bonchev–Trinajstić information content (AvgIpc) is 3.24. The molecule has 1 unspecified atom stereocenters. The van der Waals surface area contributed by atoms with Crippen LogP contribution in [0.2, 0.25) is 0 Å². The Morgan fingerprint density at radius 2 is 2.33 bits per heavy atom. The van der Waals surface area contributed by atoms with Gasteiger partial charge in [-0.3, -0.25) is 10.5 Å². The van der Waals surface area contributed by atoms with Gasteiger partial charge in [-0.1, -0.05) is 0 Å². The van der Waals surface area contributed by atoms with E-state index in [2.05, 4.69) is 37.4 Å². The highest BCUT2D eigenvalue weighted by Gasteiger charge is 2.33. The van der Waals surface area contributed by atoms with Crippen molar-refractivity contribution in [1.82, 2.24) is 20.2 Å². The van der Waals surface area contributed by atoms with Crippen molar-refractivity contribution < 1.29 is 4.74 Å². The SMILES string of the molecule is COCCN(c1nc(NN)nc2[nH]ncc12)C(C)C1CC1. The van der Waals surface area contributed by atoms with Crippen LogP contribution < -0.4 is 16.2 Å². The number of fused-ring (bicyclic) bond motifs is 1. The van der Waals surface area contributed by atoms with E-state index in [1.165, 1.54) is 12.8 Å². The lowest BCUT2D eigenvalue weighted by Crippen LogP contribution is -2.38. The van der Waals surface area contributed by atoms with E-state index in [9.17, 15) is 0 Å². The Morgan fingerprint density at radius 3 is 3.00 bits per heavy atom. The fourth-order valence-corrected chi connectivity index (χ4v) is 2.63. The Balaban J connectivity index is 2.01. The molecule has 1 aliphatic rings. The van der Waals surface area contributed by atoms with E-state index in [-0.39, 0.29) is 0 Å². The van der Waals surface area contributed by atoms with Crippen LogP contribution in [0.1, 0.15) is 19.8 Å². The number of H-pyrrole nitrogens is 1. The van der Waals surface area contributed by atoms with E-state index < -0.39 is 0 Å². The summed E-state index contributed by atoms with van der Waals surface area (Å²) in [5.41, 5.74) is 3.20. The summed E-state index contributed by atoms with van der Waals surface area (Å²) in [5, 5.41) is 7.84. The minimum absolute atomic E-state index is 0.382. The number of rotatable bonds is 7. The summed E-state index contributed by atoms with van der Waals surface area (Å²) in [6.07, 6.45) is 4.29. The highest BCUT2D eigenvalue weighted by Crippen LogP contribution is 2.37. The lowest BCUT2D eigenvalue weighted by molar-refractivity contribution is 0.202. The van der Waals surface area contributed by atoms with Crippen LogP contribution in [0, 0.1) is 5.92 Å². The number of nitrogens with zero attached hydrogens (tertiary/aromatic N) is 4. The molecule has 0 radical (unpaired) electrons. The van der Waals surface area contributed by atoms with Gasteiger partial charge in [0.1, 0.15) is 5.82 Å². The van der Waals surface area contributed by atoms with E-state index in [1.807, 2.05) is 0 Å². The second-order valence-corrected chi connectivity index (χ2v) is 5.41. The van der Waals surface area contributed by atoms with Crippen LogP contribution in [0.3, 0.4) is 0 Å². The maximum atomic E-state index is 5.47. The number of aromatic amines is 1. The van der Waals surface area contributed by atoms with Gasteiger partial charge >= 0.3 is 0 Å². The summed E-state index contributed by atoms with van der Waals surface area (Å²) >= 11 is 0. The number of nitrogen functional groups attached to an aromatic ring is 1. The fourth-order valence-electron chi connectivity index (χ4n) is 2.63. The predicted octanol–water partition coefficient (Wildman–Crippen LogP) is 0.890. The monoisotopic (exact) mass is 291 g/mol. The van der Waals surface area contributed by atoms with E-state index in [0.717, 1.165) is 17.7 Å². The second-order valence-electron chi connectivity index (χ2n) is 5.41. The van der Waals surface area contributed by atoms with Gasteiger partial charge in [0.15, 0.2) is 5.65 Å². The van der Waals surface area contributed by atoms with Crippen LogP contribution >= 0.6 is 0 Å². The summed E-state index contributed by atoms with van der Waals surface area (Å²) in [6, 6.07) is 0.402. The zero-order valence-electron chi connectivity index (χ0n) is 12.3. The zero-order valence-corrected chi connectivity index (χ0v) is 12.3. The standard InChI is InChI=1S/C13H21N7O/c1-8(9-3-4-9)20(5-6-21-2)12-10-7-15-19-11(10)16-13(17-12)18-14/h7-9H,3-6,14H2,1-2H3,(H2,15,16,17,18,19). The Labute approximate surface area is 123 Å². The van der Waals surface area contributed by atoms with Gasteiger partial charge in [-0.2, -0.15) is 15.1 Å². The molecule has 8 heteroatoms. The first-order valence-electron chi connectivity index (χ1n) is 7.18. The maximum absolute atomic E-state index is 5.47. The molecule has 1 aliphatic carbocycles. The van der Waals surface area contributed by atoms with Gasteiger partial charge in [-0.25, -0.2) is 5.84 Å². The van der Waals surface area contributed by atoms with E-state index in [4.69, 9.17) is 10.6 Å². The molecule has 0 amide bonds. The summed E-state index contributed by atoms with van der Waals surface area (Å²) < 4.78 is 5.25. The van der Waals surface area contributed by atoms with Gasteiger partial charge in [-0.05, 0) is 25.7 Å². The molecule has 2 aromatic heterocycles. The minimum Gasteiger partial charge on any atom is -0.383 e. The van der Waals surface area contributed by atoms with Gasteiger partial charge < -0.3 is 9.64 Å². The van der Waals surface area contributed by atoms with Gasteiger partial charge in [0, 0.05) is 19.7 Å². The molecule has 21 heavy (non-hydrogen) atoms. The summed E-state index contributed by atoms with van der Waals surface area (Å²) in [4.78, 5) is 11.1. The van der Waals surface area contributed by atoms with Crippen molar-refractivity contribution in [2.75, 3.05) is 30.6 Å². The molecule has 0 saturated heterocycles.